The van der Waals surface area contributed by atoms with E-state index in [9.17, 15) is 4.39 Å². The van der Waals surface area contributed by atoms with Crippen molar-refractivity contribution in [2.45, 2.75) is 13.0 Å². The lowest BCUT2D eigenvalue weighted by Gasteiger charge is -2.11. The van der Waals surface area contributed by atoms with Gasteiger partial charge in [0.25, 0.3) is 0 Å². The molecule has 0 amide bonds. The Balaban J connectivity index is 2.27. The van der Waals surface area contributed by atoms with Gasteiger partial charge in [-0.2, -0.15) is 0 Å². The lowest BCUT2D eigenvalue weighted by molar-refractivity contribution is 0.572. The van der Waals surface area contributed by atoms with Crippen LogP contribution in [-0.4, -0.2) is 0 Å². The number of nitrogens with two attached hydrogens (primary N) is 1. The average molecular weight is 255 g/mol. The van der Waals surface area contributed by atoms with Crippen LogP contribution in [0.5, 0.6) is 0 Å². The minimum absolute atomic E-state index is 0.258. The summed E-state index contributed by atoms with van der Waals surface area (Å²) in [6.45, 7) is 1.78. The van der Waals surface area contributed by atoms with Crippen LogP contribution in [0.1, 0.15) is 18.5 Å². The van der Waals surface area contributed by atoms with E-state index in [1.165, 1.54) is 0 Å². The summed E-state index contributed by atoms with van der Waals surface area (Å²) in [6, 6.07) is 10.7. The molecule has 0 bridgehead atoms. The van der Waals surface area contributed by atoms with E-state index in [1.807, 2.05) is 24.3 Å². The van der Waals surface area contributed by atoms with Crippen molar-refractivity contribution in [3.8, 4) is 11.1 Å². The van der Waals surface area contributed by atoms with Gasteiger partial charge in [-0.05, 0) is 12.5 Å². The van der Waals surface area contributed by atoms with Crippen molar-refractivity contribution in [3.05, 3.63) is 60.3 Å². The Labute approximate surface area is 110 Å². The third-order valence-corrected chi connectivity index (χ3v) is 3.33. The second kappa shape index (κ2) is 4.52. The molecular weight excluding hydrogens is 241 g/mol. The Morgan fingerprint density at radius 3 is 2.58 bits per heavy atom. The Kier molecular flexibility index (Phi) is 2.84. The van der Waals surface area contributed by atoms with Crippen molar-refractivity contribution >= 4 is 10.8 Å². The summed E-state index contributed by atoms with van der Waals surface area (Å²) in [5.74, 6) is -0.258. The van der Waals surface area contributed by atoms with Gasteiger partial charge in [-0.3, -0.25) is 0 Å². The number of halogens is 1. The molecular formula is C16H14FNO. The fraction of sp³-hybridized carbons (Fsp3) is 0.125. The fourth-order valence-electron chi connectivity index (χ4n) is 2.34. The highest BCUT2D eigenvalue weighted by molar-refractivity contribution is 5.96. The van der Waals surface area contributed by atoms with Crippen LogP contribution in [0.2, 0.25) is 0 Å². The Hall–Kier alpha value is -2.13. The highest BCUT2D eigenvalue weighted by atomic mass is 19.1. The SMILES string of the molecule is C[C@@H](N)c1cccc(-c2cccc3cocc23)c1F. The maximum atomic E-state index is 14.5. The Morgan fingerprint density at radius 1 is 1.05 bits per heavy atom. The quantitative estimate of drug-likeness (QED) is 0.743. The summed E-state index contributed by atoms with van der Waals surface area (Å²) >= 11 is 0. The van der Waals surface area contributed by atoms with E-state index in [2.05, 4.69) is 0 Å². The van der Waals surface area contributed by atoms with Crippen LogP contribution < -0.4 is 5.73 Å². The predicted molar refractivity (Wildman–Crippen MR) is 74.2 cm³/mol. The molecule has 3 aromatic rings. The van der Waals surface area contributed by atoms with Gasteiger partial charge >= 0.3 is 0 Å². The van der Waals surface area contributed by atoms with E-state index in [4.69, 9.17) is 10.2 Å². The van der Waals surface area contributed by atoms with E-state index in [1.54, 1.807) is 31.6 Å². The van der Waals surface area contributed by atoms with Crippen molar-refractivity contribution in [1.29, 1.82) is 0 Å². The molecule has 1 atom stereocenters. The van der Waals surface area contributed by atoms with Gasteiger partial charge in [-0.15, -0.1) is 0 Å². The van der Waals surface area contributed by atoms with Crippen LogP contribution in [0.4, 0.5) is 4.39 Å². The summed E-state index contributed by atoms with van der Waals surface area (Å²) in [5, 5.41) is 1.87. The van der Waals surface area contributed by atoms with E-state index in [-0.39, 0.29) is 11.9 Å². The molecule has 0 aliphatic rings. The number of hydrogen-bond acceptors (Lipinski definition) is 2. The summed E-state index contributed by atoms with van der Waals surface area (Å²) in [6.07, 6.45) is 3.30. The normalized spacial score (nSPS) is 12.8. The lowest BCUT2D eigenvalue weighted by atomic mass is 9.97. The summed E-state index contributed by atoms with van der Waals surface area (Å²) in [7, 11) is 0. The van der Waals surface area contributed by atoms with Crippen LogP contribution in [0, 0.1) is 5.82 Å². The van der Waals surface area contributed by atoms with Crippen LogP contribution >= 0.6 is 0 Å². The van der Waals surface area contributed by atoms with Gasteiger partial charge in [-0.25, -0.2) is 4.39 Å². The molecule has 1 aromatic heterocycles. The van der Waals surface area contributed by atoms with Crippen LogP contribution in [0.3, 0.4) is 0 Å². The van der Waals surface area contributed by atoms with Gasteiger partial charge in [0.05, 0.1) is 12.5 Å². The van der Waals surface area contributed by atoms with Gasteiger partial charge in [0.1, 0.15) is 5.82 Å². The Morgan fingerprint density at radius 2 is 1.79 bits per heavy atom. The van der Waals surface area contributed by atoms with Gasteiger partial charge in [-0.1, -0.05) is 36.4 Å². The first-order chi connectivity index (χ1) is 9.18. The third-order valence-electron chi connectivity index (χ3n) is 3.33. The predicted octanol–water partition coefficient (Wildman–Crippen LogP) is 4.26. The first-order valence-corrected chi connectivity index (χ1v) is 6.18. The molecule has 2 N–H and O–H groups in total. The zero-order valence-corrected chi connectivity index (χ0v) is 10.6. The lowest BCUT2D eigenvalue weighted by Crippen LogP contribution is -2.08. The van der Waals surface area contributed by atoms with Crippen molar-refractivity contribution in [1.82, 2.24) is 0 Å². The van der Waals surface area contributed by atoms with Crippen LogP contribution in [-0.2, 0) is 0 Å². The molecule has 0 saturated carbocycles. The van der Waals surface area contributed by atoms with Gasteiger partial charge < -0.3 is 10.2 Å². The molecule has 96 valence electrons. The second-order valence-corrected chi connectivity index (χ2v) is 4.68. The molecule has 0 aliphatic carbocycles. The molecule has 0 unspecified atom stereocenters. The zero-order chi connectivity index (χ0) is 13.4. The van der Waals surface area contributed by atoms with Gasteiger partial charge in [0.2, 0.25) is 0 Å². The van der Waals surface area contributed by atoms with Crippen molar-refractivity contribution in [2.75, 3.05) is 0 Å². The molecule has 19 heavy (non-hydrogen) atoms. The monoisotopic (exact) mass is 255 g/mol. The molecule has 1 heterocycles. The highest BCUT2D eigenvalue weighted by Crippen LogP contribution is 2.33. The Bertz CT molecular complexity index is 730. The number of benzene rings is 2. The minimum atomic E-state index is -0.330. The van der Waals surface area contributed by atoms with E-state index in [0.717, 1.165) is 16.3 Å². The molecule has 0 radical (unpaired) electrons. The standard InChI is InChI=1S/C16H14FNO/c1-10(18)12-5-3-7-14(16(12)17)13-6-2-4-11-8-19-9-15(11)13/h2-10H,18H2,1H3/t10-/m1/s1. The molecule has 0 spiro atoms. The largest absolute Gasteiger partial charge is 0.471 e. The maximum Gasteiger partial charge on any atom is 0.135 e. The highest BCUT2D eigenvalue weighted by Gasteiger charge is 2.14. The first kappa shape index (κ1) is 11.9. The molecule has 0 aliphatic heterocycles. The zero-order valence-electron chi connectivity index (χ0n) is 10.6. The van der Waals surface area contributed by atoms with Crippen LogP contribution in [0.15, 0.2) is 53.3 Å². The fourth-order valence-corrected chi connectivity index (χ4v) is 2.34. The maximum absolute atomic E-state index is 14.5. The van der Waals surface area contributed by atoms with E-state index in [0.29, 0.717) is 11.1 Å². The summed E-state index contributed by atoms with van der Waals surface area (Å²) in [5.41, 5.74) is 7.70. The number of rotatable bonds is 2. The smallest absolute Gasteiger partial charge is 0.135 e. The average Bonchev–Trinajstić information content (AvgIpc) is 2.87. The van der Waals surface area contributed by atoms with E-state index >= 15 is 0 Å². The molecule has 3 rings (SSSR count). The van der Waals surface area contributed by atoms with Gasteiger partial charge in [0.15, 0.2) is 0 Å². The van der Waals surface area contributed by atoms with Crippen molar-refractivity contribution in [2.24, 2.45) is 5.73 Å². The van der Waals surface area contributed by atoms with Crippen LogP contribution in [0.25, 0.3) is 21.9 Å². The number of hydrogen-bond donors (Lipinski definition) is 1. The molecule has 2 nitrogen and oxygen atoms in total. The van der Waals surface area contributed by atoms with Crippen molar-refractivity contribution in [3.63, 3.8) is 0 Å². The number of fused-ring (bicyclic) bond motifs is 1. The number of furan rings is 1. The third kappa shape index (κ3) is 1.92. The van der Waals surface area contributed by atoms with Gasteiger partial charge in [0, 0.05) is 27.9 Å². The second-order valence-electron chi connectivity index (χ2n) is 4.68. The first-order valence-electron chi connectivity index (χ1n) is 6.18. The van der Waals surface area contributed by atoms with E-state index < -0.39 is 0 Å². The molecule has 3 heteroatoms. The molecule has 2 aromatic carbocycles. The van der Waals surface area contributed by atoms with Crippen molar-refractivity contribution < 1.29 is 8.81 Å². The summed E-state index contributed by atoms with van der Waals surface area (Å²) in [4.78, 5) is 0. The summed E-state index contributed by atoms with van der Waals surface area (Å²) < 4.78 is 19.7. The topological polar surface area (TPSA) is 39.2 Å². The molecule has 0 saturated heterocycles. The molecule has 0 fully saturated rings. The minimum Gasteiger partial charge on any atom is -0.471 e.